The summed E-state index contributed by atoms with van der Waals surface area (Å²) in [6.45, 7) is 2.89. The van der Waals surface area contributed by atoms with Crippen molar-refractivity contribution in [2.45, 2.75) is 45.3 Å². The zero-order valence-corrected chi connectivity index (χ0v) is 10.7. The van der Waals surface area contributed by atoms with E-state index in [1.54, 1.807) is 11.3 Å². The van der Waals surface area contributed by atoms with Crippen molar-refractivity contribution in [1.82, 2.24) is 10.2 Å². The molecule has 2 rings (SSSR count). The summed E-state index contributed by atoms with van der Waals surface area (Å²) in [5, 5.41) is 12.9. The highest BCUT2D eigenvalue weighted by atomic mass is 32.1. The number of hydrogen-bond donors (Lipinski definition) is 1. The molecule has 0 aliphatic heterocycles. The molecule has 0 spiro atoms. The Hall–Kier alpha value is -0.680. The van der Waals surface area contributed by atoms with Gasteiger partial charge in [0.05, 0.1) is 6.10 Å². The summed E-state index contributed by atoms with van der Waals surface area (Å²) in [7, 11) is 1.86. The lowest BCUT2D eigenvalue weighted by atomic mass is 9.88. The highest BCUT2D eigenvalue weighted by Crippen LogP contribution is 2.27. The molecular formula is C11H19N3OS. The van der Waals surface area contributed by atoms with Gasteiger partial charge in [0, 0.05) is 7.05 Å². The molecule has 0 bridgehead atoms. The molecule has 0 aromatic carbocycles. The van der Waals surface area contributed by atoms with Crippen LogP contribution in [-0.2, 0) is 11.3 Å². The molecule has 1 saturated carbocycles. The van der Waals surface area contributed by atoms with Gasteiger partial charge in [-0.15, -0.1) is 10.2 Å². The Bertz CT molecular complexity index is 329. The molecule has 1 heterocycles. The number of hydrogen-bond acceptors (Lipinski definition) is 5. The van der Waals surface area contributed by atoms with Crippen molar-refractivity contribution < 1.29 is 4.74 Å². The van der Waals surface area contributed by atoms with E-state index in [1.807, 2.05) is 7.05 Å². The maximum absolute atomic E-state index is 5.92. The molecule has 1 N–H and O–H groups in total. The van der Waals surface area contributed by atoms with E-state index < -0.39 is 0 Å². The highest BCUT2D eigenvalue weighted by Gasteiger charge is 2.22. The van der Waals surface area contributed by atoms with Crippen LogP contribution in [0.15, 0.2) is 0 Å². The van der Waals surface area contributed by atoms with E-state index >= 15 is 0 Å². The lowest BCUT2D eigenvalue weighted by Gasteiger charge is -2.28. The zero-order chi connectivity index (χ0) is 11.4. The van der Waals surface area contributed by atoms with Crippen molar-refractivity contribution in [3.8, 4) is 0 Å². The SMILES string of the molecule is CNc1nnc(COC2CCCCC2C)s1. The third-order valence-corrected chi connectivity index (χ3v) is 4.05. The molecule has 1 fully saturated rings. The van der Waals surface area contributed by atoms with E-state index in [0.717, 1.165) is 10.1 Å². The van der Waals surface area contributed by atoms with Crippen LogP contribution in [-0.4, -0.2) is 23.3 Å². The smallest absolute Gasteiger partial charge is 0.205 e. The lowest BCUT2D eigenvalue weighted by Crippen LogP contribution is -2.25. The van der Waals surface area contributed by atoms with E-state index in [0.29, 0.717) is 18.6 Å². The second kappa shape index (κ2) is 5.59. The molecule has 16 heavy (non-hydrogen) atoms. The average molecular weight is 241 g/mol. The number of anilines is 1. The normalized spacial score (nSPS) is 25.6. The topological polar surface area (TPSA) is 47.0 Å². The first-order chi connectivity index (χ1) is 7.79. The van der Waals surface area contributed by atoms with Crippen LogP contribution in [0.3, 0.4) is 0 Å². The first-order valence-electron chi connectivity index (χ1n) is 5.91. The molecule has 5 heteroatoms. The predicted molar refractivity (Wildman–Crippen MR) is 65.7 cm³/mol. The molecule has 1 aromatic rings. The van der Waals surface area contributed by atoms with Crippen LogP contribution in [0.4, 0.5) is 5.13 Å². The summed E-state index contributed by atoms with van der Waals surface area (Å²) in [6, 6.07) is 0. The Kier molecular flexibility index (Phi) is 4.12. The van der Waals surface area contributed by atoms with Gasteiger partial charge >= 0.3 is 0 Å². The standard InChI is InChI=1S/C11H19N3OS/c1-8-5-3-4-6-9(8)15-7-10-13-14-11(12-2)16-10/h8-9H,3-7H2,1-2H3,(H,12,14). The minimum Gasteiger partial charge on any atom is -0.371 e. The van der Waals surface area contributed by atoms with Gasteiger partial charge in [-0.05, 0) is 18.8 Å². The van der Waals surface area contributed by atoms with Crippen LogP contribution in [0.1, 0.15) is 37.6 Å². The zero-order valence-electron chi connectivity index (χ0n) is 9.90. The largest absolute Gasteiger partial charge is 0.371 e. The second-order valence-electron chi connectivity index (χ2n) is 4.36. The monoisotopic (exact) mass is 241 g/mol. The fraction of sp³-hybridized carbons (Fsp3) is 0.818. The van der Waals surface area contributed by atoms with Gasteiger partial charge in [-0.3, -0.25) is 0 Å². The number of nitrogens with zero attached hydrogens (tertiary/aromatic N) is 2. The van der Waals surface area contributed by atoms with Crippen LogP contribution in [0, 0.1) is 5.92 Å². The Morgan fingerprint density at radius 1 is 1.38 bits per heavy atom. The van der Waals surface area contributed by atoms with E-state index in [2.05, 4.69) is 22.4 Å². The van der Waals surface area contributed by atoms with Crippen molar-refractivity contribution in [1.29, 1.82) is 0 Å². The van der Waals surface area contributed by atoms with Crippen LogP contribution in [0.5, 0.6) is 0 Å². The van der Waals surface area contributed by atoms with E-state index in [4.69, 9.17) is 4.74 Å². The van der Waals surface area contributed by atoms with E-state index in [1.165, 1.54) is 25.7 Å². The fourth-order valence-electron chi connectivity index (χ4n) is 2.12. The summed E-state index contributed by atoms with van der Waals surface area (Å²) in [5.74, 6) is 0.686. The van der Waals surface area contributed by atoms with Crippen LogP contribution in [0.25, 0.3) is 0 Å². The number of nitrogens with one attached hydrogen (secondary N) is 1. The summed E-state index contributed by atoms with van der Waals surface area (Å²) in [6.07, 6.45) is 5.55. The molecule has 1 aliphatic rings. The van der Waals surface area contributed by atoms with Gasteiger partial charge in [-0.1, -0.05) is 31.1 Å². The molecule has 4 nitrogen and oxygen atoms in total. The average Bonchev–Trinajstić information content (AvgIpc) is 2.76. The van der Waals surface area contributed by atoms with E-state index in [-0.39, 0.29) is 0 Å². The maximum atomic E-state index is 5.92. The fourth-order valence-corrected chi connectivity index (χ4v) is 2.74. The van der Waals surface area contributed by atoms with Crippen molar-refractivity contribution >= 4 is 16.5 Å². The van der Waals surface area contributed by atoms with E-state index in [9.17, 15) is 0 Å². The van der Waals surface area contributed by atoms with Gasteiger partial charge in [0.1, 0.15) is 11.6 Å². The Morgan fingerprint density at radius 3 is 2.88 bits per heavy atom. The Labute approximate surface area is 100 Å². The van der Waals surface area contributed by atoms with Gasteiger partial charge in [0.15, 0.2) is 0 Å². The highest BCUT2D eigenvalue weighted by molar-refractivity contribution is 7.15. The second-order valence-corrected chi connectivity index (χ2v) is 5.42. The summed E-state index contributed by atoms with van der Waals surface area (Å²) in [4.78, 5) is 0. The van der Waals surface area contributed by atoms with Crippen LogP contribution >= 0.6 is 11.3 Å². The van der Waals surface area contributed by atoms with Crippen molar-refractivity contribution in [3.05, 3.63) is 5.01 Å². The minimum absolute atomic E-state index is 0.413. The summed E-state index contributed by atoms with van der Waals surface area (Å²) in [5.41, 5.74) is 0. The van der Waals surface area contributed by atoms with Gasteiger partial charge < -0.3 is 10.1 Å². The van der Waals surface area contributed by atoms with Crippen molar-refractivity contribution in [2.75, 3.05) is 12.4 Å². The van der Waals surface area contributed by atoms with Crippen LogP contribution in [0.2, 0.25) is 0 Å². The van der Waals surface area contributed by atoms with Gasteiger partial charge in [-0.2, -0.15) is 0 Å². The molecule has 2 unspecified atom stereocenters. The molecule has 90 valence electrons. The molecular weight excluding hydrogens is 222 g/mol. The van der Waals surface area contributed by atoms with Gasteiger partial charge in [0.2, 0.25) is 5.13 Å². The third kappa shape index (κ3) is 2.92. The predicted octanol–water partition coefficient (Wildman–Crippen LogP) is 2.68. The van der Waals surface area contributed by atoms with Crippen LogP contribution < -0.4 is 5.32 Å². The lowest BCUT2D eigenvalue weighted by molar-refractivity contribution is -0.0157. The Balaban J connectivity index is 1.81. The van der Waals surface area contributed by atoms with Crippen molar-refractivity contribution in [3.63, 3.8) is 0 Å². The maximum Gasteiger partial charge on any atom is 0.205 e. The molecule has 1 aromatic heterocycles. The van der Waals surface area contributed by atoms with Gasteiger partial charge in [0.25, 0.3) is 0 Å². The quantitative estimate of drug-likeness (QED) is 0.880. The molecule has 0 amide bonds. The molecule has 0 saturated heterocycles. The molecule has 2 atom stereocenters. The first-order valence-corrected chi connectivity index (χ1v) is 6.73. The number of rotatable bonds is 4. The Morgan fingerprint density at radius 2 is 2.19 bits per heavy atom. The van der Waals surface area contributed by atoms with Gasteiger partial charge in [-0.25, -0.2) is 0 Å². The summed E-state index contributed by atoms with van der Waals surface area (Å²) >= 11 is 1.56. The molecule has 1 aliphatic carbocycles. The third-order valence-electron chi connectivity index (χ3n) is 3.13. The number of ether oxygens (including phenoxy) is 1. The summed E-state index contributed by atoms with van der Waals surface area (Å²) < 4.78 is 5.92. The first kappa shape index (κ1) is 11.8. The number of aromatic nitrogens is 2. The molecule has 0 radical (unpaired) electrons. The van der Waals surface area contributed by atoms with Crippen molar-refractivity contribution in [2.24, 2.45) is 5.92 Å². The minimum atomic E-state index is 0.413.